The molecule has 3 N–H and O–H groups in total. The second kappa shape index (κ2) is 6.51. The summed E-state index contributed by atoms with van der Waals surface area (Å²) in [7, 11) is 0. The first kappa shape index (κ1) is 16.9. The quantitative estimate of drug-likeness (QED) is 0.742. The van der Waals surface area contributed by atoms with Crippen molar-refractivity contribution in [1.29, 1.82) is 0 Å². The minimum absolute atomic E-state index is 0.0929. The number of ether oxygens (including phenoxy) is 1. The van der Waals surface area contributed by atoms with Crippen molar-refractivity contribution in [2.45, 2.75) is 26.2 Å². The van der Waals surface area contributed by atoms with Gasteiger partial charge in [0.2, 0.25) is 0 Å². The van der Waals surface area contributed by atoms with Crippen molar-refractivity contribution in [3.8, 4) is 23.0 Å². The van der Waals surface area contributed by atoms with Crippen LogP contribution in [-0.2, 0) is 6.42 Å². The maximum atomic E-state index is 12.9. The highest BCUT2D eigenvalue weighted by atomic mass is 16.5. The first-order valence-corrected chi connectivity index (χ1v) is 8.05. The van der Waals surface area contributed by atoms with Crippen LogP contribution in [0, 0.1) is 0 Å². The topological polar surface area (TPSA) is 87.0 Å². The predicted octanol–water partition coefficient (Wildman–Crippen LogP) is 3.67. The van der Waals surface area contributed by atoms with Gasteiger partial charge in [-0.3, -0.25) is 4.79 Å². The number of carbonyl (C=O) groups excluding carboxylic acids is 1. The summed E-state index contributed by atoms with van der Waals surface area (Å²) in [4.78, 5) is 12.9. The fourth-order valence-corrected chi connectivity index (χ4v) is 2.91. The number of aromatic hydroxyl groups is 3. The highest BCUT2D eigenvalue weighted by Gasteiger charge is 2.34. The molecule has 2 aromatic carbocycles. The van der Waals surface area contributed by atoms with E-state index in [2.05, 4.69) is 0 Å². The standard InChI is InChI=1S/C20H20O5/c1-11(2)3-8-14-16(22)9-17-18(19(14)23)20(24)15(10-25-17)12-4-6-13(21)7-5-12/h3-7,9,15,21-23H,8,10H2,1-2H3/t15-/m1/s1. The largest absolute Gasteiger partial charge is 0.508 e. The highest BCUT2D eigenvalue weighted by Crippen LogP contribution is 2.43. The molecule has 1 atom stereocenters. The Morgan fingerprint density at radius 3 is 2.52 bits per heavy atom. The third-order valence-electron chi connectivity index (χ3n) is 4.32. The Labute approximate surface area is 145 Å². The van der Waals surface area contributed by atoms with Crippen molar-refractivity contribution in [2.75, 3.05) is 6.61 Å². The molecule has 0 aromatic heterocycles. The summed E-state index contributed by atoms with van der Waals surface area (Å²) < 4.78 is 5.61. The van der Waals surface area contributed by atoms with Crippen molar-refractivity contribution in [1.82, 2.24) is 0 Å². The molecule has 0 aliphatic carbocycles. The van der Waals surface area contributed by atoms with E-state index in [1.165, 1.54) is 18.2 Å². The van der Waals surface area contributed by atoms with Gasteiger partial charge in [0.05, 0.1) is 5.92 Å². The Morgan fingerprint density at radius 1 is 1.20 bits per heavy atom. The zero-order chi connectivity index (χ0) is 18.1. The molecule has 0 unspecified atom stereocenters. The fraction of sp³-hybridized carbons (Fsp3) is 0.250. The summed E-state index contributed by atoms with van der Waals surface area (Å²) >= 11 is 0. The SMILES string of the molecule is CC(C)=CCc1c(O)cc2c(c1O)C(=O)[C@@H](c1ccc(O)cc1)CO2. The molecule has 0 spiro atoms. The first-order valence-electron chi connectivity index (χ1n) is 8.05. The van der Waals surface area contributed by atoms with Crippen molar-refractivity contribution < 1.29 is 24.9 Å². The Morgan fingerprint density at radius 2 is 1.88 bits per heavy atom. The Kier molecular flexibility index (Phi) is 4.40. The molecule has 130 valence electrons. The van der Waals surface area contributed by atoms with Gasteiger partial charge in [-0.05, 0) is 38.0 Å². The van der Waals surface area contributed by atoms with E-state index < -0.39 is 5.92 Å². The van der Waals surface area contributed by atoms with Crippen LogP contribution in [0.5, 0.6) is 23.0 Å². The number of ketones is 1. The second-order valence-corrected chi connectivity index (χ2v) is 6.40. The number of phenolic OH excluding ortho intramolecular Hbond substituents is 3. The van der Waals surface area contributed by atoms with Gasteiger partial charge in [0.1, 0.15) is 35.2 Å². The molecule has 5 heteroatoms. The number of hydrogen-bond acceptors (Lipinski definition) is 5. The van der Waals surface area contributed by atoms with Gasteiger partial charge in [0.15, 0.2) is 5.78 Å². The van der Waals surface area contributed by atoms with E-state index in [4.69, 9.17) is 4.74 Å². The van der Waals surface area contributed by atoms with Crippen molar-refractivity contribution in [2.24, 2.45) is 0 Å². The average molecular weight is 340 g/mol. The summed E-state index contributed by atoms with van der Waals surface area (Å²) in [5.74, 6) is -0.852. The molecule has 25 heavy (non-hydrogen) atoms. The van der Waals surface area contributed by atoms with E-state index in [0.717, 1.165) is 5.57 Å². The van der Waals surface area contributed by atoms with Gasteiger partial charge in [0.25, 0.3) is 0 Å². The van der Waals surface area contributed by atoms with Gasteiger partial charge < -0.3 is 20.1 Å². The normalized spacial score (nSPS) is 16.1. The van der Waals surface area contributed by atoms with Crippen LogP contribution in [0.1, 0.15) is 41.3 Å². The Hall–Kier alpha value is -2.95. The molecule has 0 saturated carbocycles. The molecular formula is C20H20O5. The molecule has 0 amide bonds. The lowest BCUT2D eigenvalue weighted by molar-refractivity contribution is 0.0891. The van der Waals surface area contributed by atoms with Crippen LogP contribution in [0.3, 0.4) is 0 Å². The molecule has 1 aliphatic heterocycles. The highest BCUT2D eigenvalue weighted by molar-refractivity contribution is 6.07. The van der Waals surface area contributed by atoms with Crippen molar-refractivity contribution >= 4 is 5.78 Å². The first-order chi connectivity index (χ1) is 11.9. The molecule has 1 heterocycles. The minimum atomic E-state index is -0.570. The van der Waals surface area contributed by atoms with Crippen molar-refractivity contribution in [3.05, 3.63) is 58.7 Å². The minimum Gasteiger partial charge on any atom is -0.508 e. The third kappa shape index (κ3) is 3.18. The average Bonchev–Trinajstić information content (AvgIpc) is 2.55. The molecule has 0 bridgehead atoms. The molecular weight excluding hydrogens is 320 g/mol. The number of Topliss-reactive ketones (excluding diaryl/α,β-unsaturated/α-hetero) is 1. The van der Waals surface area contributed by atoms with E-state index in [1.54, 1.807) is 12.1 Å². The van der Waals surface area contributed by atoms with Crippen LogP contribution in [0.4, 0.5) is 0 Å². The lowest BCUT2D eigenvalue weighted by Gasteiger charge is -2.26. The van der Waals surface area contributed by atoms with E-state index >= 15 is 0 Å². The molecule has 0 radical (unpaired) electrons. The number of allylic oxidation sites excluding steroid dienone is 2. The second-order valence-electron chi connectivity index (χ2n) is 6.40. The maximum absolute atomic E-state index is 12.9. The number of rotatable bonds is 3. The van der Waals surface area contributed by atoms with Gasteiger partial charge in [0, 0.05) is 11.6 Å². The van der Waals surface area contributed by atoms with Gasteiger partial charge in [-0.2, -0.15) is 0 Å². The van der Waals surface area contributed by atoms with Crippen LogP contribution >= 0.6 is 0 Å². The smallest absolute Gasteiger partial charge is 0.181 e. The third-order valence-corrected chi connectivity index (χ3v) is 4.32. The van der Waals surface area contributed by atoms with E-state index in [9.17, 15) is 20.1 Å². The van der Waals surface area contributed by atoms with Crippen molar-refractivity contribution in [3.63, 3.8) is 0 Å². The molecule has 0 saturated heterocycles. The molecule has 1 aliphatic rings. The number of carbonyl (C=O) groups is 1. The van der Waals surface area contributed by atoms with Crippen LogP contribution in [0.15, 0.2) is 42.0 Å². The Bertz CT molecular complexity index is 845. The maximum Gasteiger partial charge on any atom is 0.181 e. The summed E-state index contributed by atoms with van der Waals surface area (Å²) in [6.07, 6.45) is 2.19. The summed E-state index contributed by atoms with van der Waals surface area (Å²) in [5.41, 5.74) is 2.15. The predicted molar refractivity (Wildman–Crippen MR) is 93.6 cm³/mol. The van der Waals surface area contributed by atoms with E-state index in [1.807, 2.05) is 19.9 Å². The lowest BCUT2D eigenvalue weighted by atomic mass is 9.87. The van der Waals surface area contributed by atoms with Crippen LogP contribution in [-0.4, -0.2) is 27.7 Å². The van der Waals surface area contributed by atoms with Gasteiger partial charge in [-0.1, -0.05) is 23.8 Å². The van der Waals surface area contributed by atoms with E-state index in [-0.39, 0.29) is 41.0 Å². The summed E-state index contributed by atoms with van der Waals surface area (Å²) in [6.45, 7) is 3.95. The lowest BCUT2D eigenvalue weighted by Crippen LogP contribution is -2.26. The van der Waals surface area contributed by atoms with E-state index in [0.29, 0.717) is 17.5 Å². The van der Waals surface area contributed by atoms with Gasteiger partial charge in [-0.25, -0.2) is 0 Å². The van der Waals surface area contributed by atoms with Gasteiger partial charge >= 0.3 is 0 Å². The van der Waals surface area contributed by atoms with Crippen LogP contribution in [0.25, 0.3) is 0 Å². The molecule has 3 rings (SSSR count). The summed E-state index contributed by atoms with van der Waals surface area (Å²) in [6, 6.07) is 7.72. The number of fused-ring (bicyclic) bond motifs is 1. The summed E-state index contributed by atoms with van der Waals surface area (Å²) in [5, 5.41) is 30.1. The van der Waals surface area contributed by atoms with Crippen LogP contribution < -0.4 is 4.74 Å². The van der Waals surface area contributed by atoms with Crippen LogP contribution in [0.2, 0.25) is 0 Å². The molecule has 5 nitrogen and oxygen atoms in total. The Balaban J connectivity index is 2.03. The number of hydrogen-bond donors (Lipinski definition) is 3. The number of phenols is 3. The molecule has 0 fully saturated rings. The zero-order valence-electron chi connectivity index (χ0n) is 14.1. The van der Waals surface area contributed by atoms with Gasteiger partial charge in [-0.15, -0.1) is 0 Å². The molecule has 2 aromatic rings. The fourth-order valence-electron chi connectivity index (χ4n) is 2.91. The number of benzene rings is 2. The zero-order valence-corrected chi connectivity index (χ0v) is 14.1. The monoisotopic (exact) mass is 340 g/mol.